The topological polar surface area (TPSA) is 90.9 Å². The Morgan fingerprint density at radius 1 is 1.38 bits per heavy atom. The maximum absolute atomic E-state index is 11.6. The van der Waals surface area contributed by atoms with Gasteiger partial charge in [-0.1, -0.05) is 0 Å². The molecule has 0 spiro atoms. The zero-order chi connectivity index (χ0) is 16.2. The number of carbonyl (C=O) groups excluding carboxylic acids is 1. The third-order valence-corrected chi connectivity index (χ3v) is 3.29. The average Bonchev–Trinajstić information content (AvgIpc) is 2.24. The van der Waals surface area contributed by atoms with Gasteiger partial charge in [0.05, 0.1) is 0 Å². The van der Waals surface area contributed by atoms with Gasteiger partial charge in [-0.05, 0) is 52.8 Å². The molecule has 1 saturated heterocycles. The van der Waals surface area contributed by atoms with Gasteiger partial charge in [0.15, 0.2) is 5.11 Å². The molecule has 1 heterocycles. The monoisotopic (exact) mass is 317 g/mol. The number of hydrogen-bond acceptors (Lipinski definition) is 4. The largest absolute Gasteiger partial charge is 0.465 e. The first-order valence-corrected chi connectivity index (χ1v) is 7.29. The Morgan fingerprint density at radius 2 is 2.00 bits per heavy atom. The third kappa shape index (κ3) is 6.16. The number of thiocarbonyl (C=S) groups is 1. The first-order chi connectivity index (χ1) is 9.58. The van der Waals surface area contributed by atoms with Crippen molar-refractivity contribution in [1.29, 1.82) is 0 Å². The highest BCUT2D eigenvalue weighted by Crippen LogP contribution is 2.17. The first kappa shape index (κ1) is 17.5. The minimum atomic E-state index is -0.907. The summed E-state index contributed by atoms with van der Waals surface area (Å²) in [6, 6.07) is -0.0453. The quantitative estimate of drug-likeness (QED) is 0.640. The molecule has 0 bridgehead atoms. The first-order valence-electron chi connectivity index (χ1n) is 6.88. The molecule has 1 aliphatic rings. The van der Waals surface area contributed by atoms with E-state index in [1.165, 1.54) is 4.90 Å². The molecule has 0 radical (unpaired) electrons. The van der Waals surface area contributed by atoms with Gasteiger partial charge in [0, 0.05) is 18.6 Å². The van der Waals surface area contributed by atoms with Gasteiger partial charge in [-0.15, -0.1) is 0 Å². The number of carboxylic acid groups (broad SMARTS) is 1. The van der Waals surface area contributed by atoms with Crippen LogP contribution in [0.2, 0.25) is 0 Å². The van der Waals surface area contributed by atoms with Crippen LogP contribution in [-0.4, -0.2) is 51.5 Å². The summed E-state index contributed by atoms with van der Waals surface area (Å²) in [5, 5.41) is 14.7. The summed E-state index contributed by atoms with van der Waals surface area (Å²) in [6.07, 6.45) is -0.221. The van der Waals surface area contributed by atoms with Crippen LogP contribution in [-0.2, 0) is 4.74 Å². The Morgan fingerprint density at radius 3 is 2.48 bits per heavy atom. The molecule has 0 saturated carbocycles. The molecule has 3 N–H and O–H groups in total. The van der Waals surface area contributed by atoms with Crippen molar-refractivity contribution in [1.82, 2.24) is 15.5 Å². The number of piperidine rings is 1. The summed E-state index contributed by atoms with van der Waals surface area (Å²) in [6.45, 7) is 7.61. The predicted molar refractivity (Wildman–Crippen MR) is 82.3 cm³/mol. The molecule has 2 atom stereocenters. The van der Waals surface area contributed by atoms with Gasteiger partial charge < -0.3 is 20.1 Å². The summed E-state index contributed by atoms with van der Waals surface area (Å²) in [7, 11) is 0. The Balaban J connectivity index is 2.39. The second-order valence-corrected chi connectivity index (χ2v) is 6.55. The van der Waals surface area contributed by atoms with Gasteiger partial charge in [-0.25, -0.2) is 9.59 Å². The van der Waals surface area contributed by atoms with E-state index in [9.17, 15) is 9.59 Å². The van der Waals surface area contributed by atoms with E-state index in [0.717, 1.165) is 0 Å². The molecule has 8 heteroatoms. The number of hydrogen-bond donors (Lipinski definition) is 3. The van der Waals surface area contributed by atoms with Crippen LogP contribution in [0.5, 0.6) is 0 Å². The molecule has 2 unspecified atom stereocenters. The van der Waals surface area contributed by atoms with Crippen LogP contribution in [0, 0.1) is 0 Å². The van der Waals surface area contributed by atoms with Crippen LogP contribution in [0.15, 0.2) is 0 Å². The Labute approximate surface area is 130 Å². The van der Waals surface area contributed by atoms with Gasteiger partial charge in [-0.3, -0.25) is 5.32 Å². The van der Waals surface area contributed by atoms with Gasteiger partial charge in [0.1, 0.15) is 5.60 Å². The van der Waals surface area contributed by atoms with Crippen molar-refractivity contribution in [3.05, 3.63) is 0 Å². The summed E-state index contributed by atoms with van der Waals surface area (Å²) >= 11 is 5.07. The highest BCUT2D eigenvalue weighted by atomic mass is 32.1. The van der Waals surface area contributed by atoms with Crippen molar-refractivity contribution in [2.24, 2.45) is 0 Å². The molecule has 0 aromatic rings. The Bertz CT molecular complexity index is 422. The highest BCUT2D eigenvalue weighted by molar-refractivity contribution is 7.80. The molecule has 0 aliphatic carbocycles. The zero-order valence-corrected chi connectivity index (χ0v) is 13.6. The average molecular weight is 317 g/mol. The van der Waals surface area contributed by atoms with Crippen molar-refractivity contribution < 1.29 is 19.4 Å². The SMILES string of the molecule is CC1CC(NC(=S)NC(=O)OC(C)(C)C)CCN1C(=O)O. The van der Waals surface area contributed by atoms with Crippen LogP contribution in [0.25, 0.3) is 0 Å². The fourth-order valence-corrected chi connectivity index (χ4v) is 2.46. The normalized spacial score (nSPS) is 22.4. The second kappa shape index (κ2) is 6.93. The smallest absolute Gasteiger partial charge is 0.413 e. The van der Waals surface area contributed by atoms with Gasteiger partial charge in [0.25, 0.3) is 0 Å². The lowest BCUT2D eigenvalue weighted by Crippen LogP contribution is -2.53. The van der Waals surface area contributed by atoms with E-state index in [2.05, 4.69) is 10.6 Å². The lowest BCUT2D eigenvalue weighted by Gasteiger charge is -2.36. The van der Waals surface area contributed by atoms with Crippen LogP contribution >= 0.6 is 12.2 Å². The summed E-state index contributed by atoms with van der Waals surface area (Å²) in [5.74, 6) is 0. The summed E-state index contributed by atoms with van der Waals surface area (Å²) < 4.78 is 5.10. The summed E-state index contributed by atoms with van der Waals surface area (Å²) in [4.78, 5) is 24.0. The molecule has 120 valence electrons. The van der Waals surface area contributed by atoms with E-state index >= 15 is 0 Å². The predicted octanol–water partition coefficient (Wildman–Crippen LogP) is 1.92. The number of nitrogens with zero attached hydrogens (tertiary/aromatic N) is 1. The fraction of sp³-hybridized carbons (Fsp3) is 0.769. The van der Waals surface area contributed by atoms with E-state index in [-0.39, 0.29) is 17.2 Å². The van der Waals surface area contributed by atoms with Crippen LogP contribution in [0.3, 0.4) is 0 Å². The molecular weight excluding hydrogens is 294 g/mol. The standard InChI is InChI=1S/C13H23N3O4S/c1-8-7-9(5-6-16(8)12(18)19)14-10(21)15-11(17)20-13(2,3)4/h8-9H,5-7H2,1-4H3,(H,18,19)(H2,14,15,17,21). The maximum Gasteiger partial charge on any atom is 0.413 e. The van der Waals surface area contributed by atoms with E-state index < -0.39 is 17.8 Å². The summed E-state index contributed by atoms with van der Waals surface area (Å²) in [5.41, 5.74) is -0.582. The van der Waals surface area contributed by atoms with E-state index in [4.69, 9.17) is 22.1 Å². The van der Waals surface area contributed by atoms with Gasteiger partial charge in [-0.2, -0.15) is 0 Å². The number of carbonyl (C=O) groups is 2. The molecule has 7 nitrogen and oxygen atoms in total. The minimum Gasteiger partial charge on any atom is -0.465 e. The van der Waals surface area contributed by atoms with Crippen LogP contribution in [0.1, 0.15) is 40.5 Å². The van der Waals surface area contributed by atoms with E-state index in [1.807, 2.05) is 6.92 Å². The molecule has 1 aliphatic heterocycles. The van der Waals surface area contributed by atoms with E-state index in [1.54, 1.807) is 20.8 Å². The molecule has 1 fully saturated rings. The number of nitrogens with one attached hydrogen (secondary N) is 2. The molecule has 0 aromatic carbocycles. The van der Waals surface area contributed by atoms with Gasteiger partial charge >= 0.3 is 12.2 Å². The van der Waals surface area contributed by atoms with Gasteiger partial charge in [0.2, 0.25) is 0 Å². The molecular formula is C13H23N3O4S. The molecule has 0 aromatic heterocycles. The minimum absolute atomic E-state index is 0.0398. The second-order valence-electron chi connectivity index (χ2n) is 6.15. The van der Waals surface area contributed by atoms with Crippen molar-refractivity contribution in [3.63, 3.8) is 0 Å². The zero-order valence-electron chi connectivity index (χ0n) is 12.8. The Kier molecular flexibility index (Phi) is 5.77. The number of likely N-dealkylation sites (tertiary alicyclic amines) is 1. The van der Waals surface area contributed by atoms with Crippen molar-refractivity contribution >= 4 is 29.5 Å². The van der Waals surface area contributed by atoms with Crippen LogP contribution < -0.4 is 10.6 Å². The van der Waals surface area contributed by atoms with Crippen LogP contribution in [0.4, 0.5) is 9.59 Å². The van der Waals surface area contributed by atoms with Crippen molar-refractivity contribution in [2.75, 3.05) is 6.54 Å². The number of ether oxygens (including phenoxy) is 1. The number of alkyl carbamates (subject to hydrolysis) is 1. The maximum atomic E-state index is 11.6. The molecule has 2 amide bonds. The molecule has 1 rings (SSSR count). The highest BCUT2D eigenvalue weighted by Gasteiger charge is 2.29. The lowest BCUT2D eigenvalue weighted by atomic mass is 9.99. The number of amides is 2. The van der Waals surface area contributed by atoms with E-state index in [0.29, 0.717) is 19.4 Å². The fourth-order valence-electron chi connectivity index (χ4n) is 2.21. The van der Waals surface area contributed by atoms with Crippen molar-refractivity contribution in [3.8, 4) is 0 Å². The molecule has 21 heavy (non-hydrogen) atoms. The third-order valence-electron chi connectivity index (χ3n) is 3.07. The number of rotatable bonds is 1. The Hall–Kier alpha value is -1.57. The van der Waals surface area contributed by atoms with Crippen molar-refractivity contribution in [2.45, 2.75) is 58.2 Å². The lowest BCUT2D eigenvalue weighted by molar-refractivity contribution is 0.0562.